The van der Waals surface area contributed by atoms with Crippen LogP contribution in [0.2, 0.25) is 0 Å². The van der Waals surface area contributed by atoms with Gasteiger partial charge in [0.25, 0.3) is 0 Å². The zero-order valence-electron chi connectivity index (χ0n) is 15.7. The van der Waals surface area contributed by atoms with Crippen LogP contribution >= 0.6 is 0 Å². The van der Waals surface area contributed by atoms with E-state index in [1.807, 2.05) is 0 Å². The van der Waals surface area contributed by atoms with Gasteiger partial charge in [-0.05, 0) is 0 Å². The Morgan fingerprint density at radius 3 is 0.760 bits per heavy atom. The van der Waals surface area contributed by atoms with Crippen molar-refractivity contribution in [3.8, 4) is 0 Å². The average Bonchev–Trinajstić information content (AvgIpc) is 3.37. The molecule has 4 aliphatic rings. The molecule has 0 N–H and O–H groups in total. The third-order valence-electron chi connectivity index (χ3n) is 6.32. The van der Waals surface area contributed by atoms with Crippen LogP contribution in [0.15, 0.2) is 0 Å². The van der Waals surface area contributed by atoms with Gasteiger partial charge in [0, 0.05) is 0 Å². The molecule has 0 bridgehead atoms. The summed E-state index contributed by atoms with van der Waals surface area (Å²) >= 11 is -3.49. The molecule has 4 aliphatic carbocycles. The molecule has 0 aromatic carbocycles. The van der Waals surface area contributed by atoms with E-state index in [0.29, 0.717) is 24.4 Å². The van der Waals surface area contributed by atoms with Crippen LogP contribution in [0, 0.1) is 0 Å². The van der Waals surface area contributed by atoms with E-state index in [9.17, 15) is 0 Å². The van der Waals surface area contributed by atoms with Crippen molar-refractivity contribution in [2.75, 3.05) is 0 Å². The standard InChI is InChI=1S/4C5H9O.V/c4*6-5-3-1-2-4-5;/h4*5H,1-4H2;/q4*-1;+4. The molecule has 0 saturated heterocycles. The molecule has 0 aromatic rings. The van der Waals surface area contributed by atoms with Crippen LogP contribution in [0.4, 0.5) is 0 Å². The number of hydrogen-bond acceptors (Lipinski definition) is 4. The van der Waals surface area contributed by atoms with Gasteiger partial charge in [0.15, 0.2) is 0 Å². The van der Waals surface area contributed by atoms with Crippen molar-refractivity contribution in [3.05, 3.63) is 0 Å². The molecule has 4 nitrogen and oxygen atoms in total. The first-order valence-corrected chi connectivity index (χ1v) is 13.2. The van der Waals surface area contributed by atoms with Crippen LogP contribution in [0.1, 0.15) is 103 Å². The van der Waals surface area contributed by atoms with Crippen molar-refractivity contribution in [2.24, 2.45) is 0 Å². The van der Waals surface area contributed by atoms with Gasteiger partial charge in [-0.1, -0.05) is 0 Å². The Morgan fingerprint density at radius 1 is 0.360 bits per heavy atom. The molecule has 0 spiro atoms. The third kappa shape index (κ3) is 5.24. The normalized spacial score (nSPS) is 27.8. The molecule has 0 aromatic heterocycles. The van der Waals surface area contributed by atoms with Crippen molar-refractivity contribution >= 4 is 0 Å². The zero-order valence-corrected chi connectivity index (χ0v) is 17.1. The number of hydrogen-bond donors (Lipinski definition) is 0. The van der Waals surface area contributed by atoms with E-state index in [1.54, 1.807) is 0 Å². The quantitative estimate of drug-likeness (QED) is 0.537. The van der Waals surface area contributed by atoms with Crippen LogP contribution in [0.25, 0.3) is 0 Å². The maximum atomic E-state index is 6.69. The van der Waals surface area contributed by atoms with Gasteiger partial charge in [0.2, 0.25) is 0 Å². The van der Waals surface area contributed by atoms with Gasteiger partial charge >= 0.3 is 157 Å². The molecule has 0 radical (unpaired) electrons. The molecular formula is C20H36O4V. The second kappa shape index (κ2) is 9.08. The van der Waals surface area contributed by atoms with Crippen molar-refractivity contribution < 1.29 is 30.1 Å². The van der Waals surface area contributed by atoms with Crippen LogP contribution < -0.4 is 0 Å². The van der Waals surface area contributed by atoms with Crippen molar-refractivity contribution in [2.45, 2.75) is 127 Å². The molecule has 4 fully saturated rings. The second-order valence-corrected chi connectivity index (χ2v) is 11.2. The summed E-state index contributed by atoms with van der Waals surface area (Å²) in [6.45, 7) is 0. The Bertz CT molecular complexity index is 317. The van der Waals surface area contributed by atoms with Crippen molar-refractivity contribution in [3.63, 3.8) is 0 Å². The van der Waals surface area contributed by atoms with Crippen molar-refractivity contribution in [1.82, 2.24) is 0 Å². The summed E-state index contributed by atoms with van der Waals surface area (Å²) in [6, 6.07) is 0. The Labute approximate surface area is 157 Å². The van der Waals surface area contributed by atoms with E-state index in [4.69, 9.17) is 14.6 Å². The number of rotatable bonds is 8. The first-order chi connectivity index (χ1) is 12.3. The minimum atomic E-state index is -3.49. The monoisotopic (exact) mass is 391 g/mol. The summed E-state index contributed by atoms with van der Waals surface area (Å²) in [7, 11) is 0. The van der Waals surface area contributed by atoms with E-state index >= 15 is 0 Å². The van der Waals surface area contributed by atoms with E-state index in [2.05, 4.69) is 0 Å². The SMILES string of the molecule is C1CCC([O][V]([O]C2CCCC2)([O]C2CCCC2)[O]C2CCCC2)C1. The fourth-order valence-electron chi connectivity index (χ4n) is 4.85. The second-order valence-electron chi connectivity index (χ2n) is 8.49. The van der Waals surface area contributed by atoms with Crippen LogP contribution in [0.3, 0.4) is 0 Å². The van der Waals surface area contributed by atoms with E-state index in [1.165, 1.54) is 51.4 Å². The van der Waals surface area contributed by atoms with Gasteiger partial charge in [-0.25, -0.2) is 0 Å². The van der Waals surface area contributed by atoms with Crippen LogP contribution in [-0.4, -0.2) is 24.4 Å². The first-order valence-electron chi connectivity index (χ1n) is 10.9. The topological polar surface area (TPSA) is 36.9 Å². The van der Waals surface area contributed by atoms with E-state index in [-0.39, 0.29) is 0 Å². The molecular weight excluding hydrogens is 355 g/mol. The molecule has 0 aliphatic heterocycles. The summed E-state index contributed by atoms with van der Waals surface area (Å²) in [6.07, 6.45) is 20.6. The molecule has 4 rings (SSSR count). The maximum absolute atomic E-state index is 6.69. The van der Waals surface area contributed by atoms with E-state index < -0.39 is 15.4 Å². The molecule has 0 unspecified atom stereocenters. The Hall–Kier alpha value is 0.424. The molecule has 145 valence electrons. The van der Waals surface area contributed by atoms with Gasteiger partial charge in [0.1, 0.15) is 0 Å². The van der Waals surface area contributed by atoms with Crippen LogP contribution in [0.5, 0.6) is 0 Å². The zero-order chi connectivity index (χ0) is 17.0. The van der Waals surface area contributed by atoms with Gasteiger partial charge in [-0.3, -0.25) is 0 Å². The first kappa shape index (κ1) is 18.8. The summed E-state index contributed by atoms with van der Waals surface area (Å²) in [5.74, 6) is 0. The van der Waals surface area contributed by atoms with Gasteiger partial charge in [0.05, 0.1) is 0 Å². The summed E-state index contributed by atoms with van der Waals surface area (Å²) in [5, 5.41) is 0. The molecule has 0 heterocycles. The summed E-state index contributed by atoms with van der Waals surface area (Å²) in [5.41, 5.74) is 0. The van der Waals surface area contributed by atoms with Gasteiger partial charge in [-0.15, -0.1) is 0 Å². The molecule has 0 amide bonds. The predicted octanol–water partition coefficient (Wildman–Crippen LogP) is 5.64. The van der Waals surface area contributed by atoms with E-state index in [0.717, 1.165) is 51.4 Å². The summed E-state index contributed by atoms with van der Waals surface area (Å²) < 4.78 is 26.8. The Balaban J connectivity index is 1.50. The van der Waals surface area contributed by atoms with Gasteiger partial charge in [-0.2, -0.15) is 0 Å². The summed E-state index contributed by atoms with van der Waals surface area (Å²) in [4.78, 5) is 0. The molecule has 0 atom stereocenters. The third-order valence-corrected chi connectivity index (χ3v) is 9.80. The predicted molar refractivity (Wildman–Crippen MR) is 93.4 cm³/mol. The van der Waals surface area contributed by atoms with Gasteiger partial charge < -0.3 is 0 Å². The van der Waals surface area contributed by atoms with Crippen LogP contribution in [-0.2, 0) is 30.1 Å². The average molecular weight is 391 g/mol. The fraction of sp³-hybridized carbons (Fsp3) is 1.00. The minimum absolute atomic E-state index is 0.303. The van der Waals surface area contributed by atoms with Crippen molar-refractivity contribution in [1.29, 1.82) is 0 Å². The Kier molecular flexibility index (Phi) is 6.82. The molecule has 5 heteroatoms. The fourth-order valence-corrected chi connectivity index (χ4v) is 8.92. The Morgan fingerprint density at radius 2 is 0.560 bits per heavy atom. The molecule has 25 heavy (non-hydrogen) atoms. The molecule has 4 saturated carbocycles.